The van der Waals surface area contributed by atoms with E-state index in [0.717, 1.165) is 59.3 Å². The second-order valence-electron chi connectivity index (χ2n) is 17.1. The molecule has 2 amide bonds. The number of carbonyl (C=O) groups is 2. The van der Waals surface area contributed by atoms with Crippen LogP contribution in [0.15, 0.2) is 60.9 Å². The van der Waals surface area contributed by atoms with Gasteiger partial charge in [0.2, 0.25) is 31.9 Å². The lowest BCUT2D eigenvalue weighted by atomic mass is 10.0. The summed E-state index contributed by atoms with van der Waals surface area (Å²) in [5.41, 5.74) is 5.66. The van der Waals surface area contributed by atoms with Crippen LogP contribution in [0.2, 0.25) is 0 Å². The third-order valence-corrected chi connectivity index (χ3v) is 15.9. The van der Waals surface area contributed by atoms with Gasteiger partial charge in [0.1, 0.15) is 23.7 Å². The minimum absolute atomic E-state index is 0.192. The van der Waals surface area contributed by atoms with Gasteiger partial charge in [0.05, 0.1) is 46.4 Å². The van der Waals surface area contributed by atoms with Crippen molar-refractivity contribution in [1.82, 2.24) is 39.2 Å². The number of likely N-dealkylation sites (tertiary alicyclic amines) is 2. The van der Waals surface area contributed by atoms with E-state index in [1.807, 2.05) is 52.0 Å². The third kappa shape index (κ3) is 8.38. The van der Waals surface area contributed by atoms with Crippen LogP contribution in [-0.4, -0.2) is 94.1 Å². The number of H-pyrrole nitrogens is 2. The second-order valence-corrected chi connectivity index (χ2v) is 21.1. The van der Waals surface area contributed by atoms with Crippen LogP contribution in [0.4, 0.5) is 0 Å². The van der Waals surface area contributed by atoms with E-state index in [9.17, 15) is 26.4 Å². The van der Waals surface area contributed by atoms with Crippen LogP contribution in [0.3, 0.4) is 0 Å². The van der Waals surface area contributed by atoms with E-state index in [0.29, 0.717) is 50.4 Å². The first-order valence-electron chi connectivity index (χ1n) is 20.6. The van der Waals surface area contributed by atoms with Crippen LogP contribution < -0.4 is 9.44 Å². The van der Waals surface area contributed by atoms with Gasteiger partial charge >= 0.3 is 0 Å². The van der Waals surface area contributed by atoms with E-state index < -0.39 is 42.6 Å². The first-order valence-corrected chi connectivity index (χ1v) is 23.7. The molecule has 4 aliphatic rings. The molecule has 14 nitrogen and oxygen atoms in total. The van der Waals surface area contributed by atoms with Gasteiger partial charge in [-0.25, -0.2) is 36.2 Å². The summed E-state index contributed by atoms with van der Waals surface area (Å²) >= 11 is 0. The normalized spacial score (nSPS) is 21.3. The summed E-state index contributed by atoms with van der Waals surface area (Å²) in [6, 6.07) is 14.3. The molecule has 2 aliphatic carbocycles. The maximum absolute atomic E-state index is 13.7. The Morgan fingerprint density at radius 2 is 0.931 bits per heavy atom. The highest BCUT2D eigenvalue weighted by Gasteiger charge is 2.44. The predicted molar refractivity (Wildman–Crippen MR) is 222 cm³/mol. The standard InChI is InChI=1S/C42H54N8O6S2/c1-25(2)37(47-57(53,54)31-17-18-31)41(51)49-21-5-7-35(49)39-43-23-33(45-39)29-13-9-27(10-14-29)28-11-15-30(16-12-28)34-24-44-40(46-34)36-8-6-22-50(36)42(52)38(26(3)4)48-58(55,56)32-19-20-32/h9-16,23-26,31-32,35-38,47-48H,5-8,17-22H2,1-4H3,(H,43,45)(H,44,46)/t35-,36-,37+,38+/m1/s1. The number of benzene rings is 2. The summed E-state index contributed by atoms with van der Waals surface area (Å²) in [6.45, 7) is 8.58. The average Bonchev–Trinajstić information content (AvgIpc) is 3.99. The Labute approximate surface area is 341 Å². The first kappa shape index (κ1) is 40.4. The maximum atomic E-state index is 13.7. The van der Waals surface area contributed by atoms with E-state index in [4.69, 9.17) is 0 Å². The van der Waals surface area contributed by atoms with Gasteiger partial charge in [-0.15, -0.1) is 0 Å². The monoisotopic (exact) mass is 830 g/mol. The van der Waals surface area contributed by atoms with Crippen molar-refractivity contribution in [2.75, 3.05) is 13.1 Å². The Morgan fingerprint density at radius 3 is 1.26 bits per heavy atom. The lowest BCUT2D eigenvalue weighted by Gasteiger charge is -2.30. The molecule has 310 valence electrons. The zero-order valence-corrected chi connectivity index (χ0v) is 35.2. The number of hydrogen-bond acceptors (Lipinski definition) is 8. The van der Waals surface area contributed by atoms with Gasteiger partial charge in [-0.05, 0) is 85.5 Å². The lowest BCUT2D eigenvalue weighted by molar-refractivity contribution is -0.135. The second kappa shape index (κ2) is 16.0. The Morgan fingerprint density at radius 1 is 0.586 bits per heavy atom. The van der Waals surface area contributed by atoms with Gasteiger partial charge in [-0.3, -0.25) is 9.59 Å². The van der Waals surface area contributed by atoms with Gasteiger partial charge in [0, 0.05) is 13.1 Å². The molecule has 4 atom stereocenters. The highest BCUT2D eigenvalue weighted by molar-refractivity contribution is 7.90. The van der Waals surface area contributed by atoms with Gasteiger partial charge in [-0.1, -0.05) is 76.2 Å². The fourth-order valence-corrected chi connectivity index (χ4v) is 11.6. The molecule has 0 spiro atoms. The molecule has 16 heteroatoms. The van der Waals surface area contributed by atoms with Crippen molar-refractivity contribution >= 4 is 31.9 Å². The topological polar surface area (TPSA) is 190 Å². The first-order chi connectivity index (χ1) is 27.7. The molecular formula is C42H54N8O6S2. The van der Waals surface area contributed by atoms with Crippen LogP contribution in [0.5, 0.6) is 0 Å². The number of aromatic nitrogens is 4. The smallest absolute Gasteiger partial charge is 0.241 e. The fraction of sp³-hybridized carbons (Fsp3) is 0.524. The van der Waals surface area contributed by atoms with Crippen molar-refractivity contribution in [3.8, 4) is 33.6 Å². The molecule has 58 heavy (non-hydrogen) atoms. The van der Waals surface area contributed by atoms with Crippen molar-refractivity contribution in [3.05, 3.63) is 72.6 Å². The molecule has 4 fully saturated rings. The summed E-state index contributed by atoms with van der Waals surface area (Å²) in [6.07, 6.45) is 9.25. The number of amides is 2. The maximum Gasteiger partial charge on any atom is 0.241 e. The minimum atomic E-state index is -3.52. The van der Waals surface area contributed by atoms with E-state index in [2.05, 4.69) is 53.6 Å². The largest absolute Gasteiger partial charge is 0.340 e. The molecule has 2 saturated heterocycles. The molecule has 4 heterocycles. The molecular weight excluding hydrogens is 777 g/mol. The highest BCUT2D eigenvalue weighted by Crippen LogP contribution is 2.36. The quantitative estimate of drug-likeness (QED) is 0.118. The number of imidazole rings is 2. The van der Waals surface area contributed by atoms with Crippen molar-refractivity contribution < 1.29 is 26.4 Å². The number of rotatable bonds is 15. The summed E-state index contributed by atoms with van der Waals surface area (Å²) in [7, 11) is -7.05. The number of nitrogens with one attached hydrogen (secondary N) is 4. The van der Waals surface area contributed by atoms with Crippen LogP contribution in [-0.2, 0) is 29.6 Å². The van der Waals surface area contributed by atoms with Crippen molar-refractivity contribution in [2.45, 2.75) is 114 Å². The number of aromatic amines is 2. The summed E-state index contributed by atoms with van der Waals surface area (Å²) in [4.78, 5) is 47.3. The molecule has 2 aliphatic heterocycles. The lowest BCUT2D eigenvalue weighted by Crippen LogP contribution is -2.51. The van der Waals surface area contributed by atoms with Crippen molar-refractivity contribution in [3.63, 3.8) is 0 Å². The van der Waals surface area contributed by atoms with Crippen LogP contribution in [0.25, 0.3) is 33.6 Å². The number of carbonyl (C=O) groups excluding carboxylic acids is 2. The summed E-state index contributed by atoms with van der Waals surface area (Å²) in [5.74, 6) is 0.592. The highest BCUT2D eigenvalue weighted by atomic mass is 32.2. The van der Waals surface area contributed by atoms with Gasteiger partial charge in [0.25, 0.3) is 0 Å². The van der Waals surface area contributed by atoms with Crippen LogP contribution in [0, 0.1) is 11.8 Å². The molecule has 2 saturated carbocycles. The third-order valence-electron chi connectivity index (χ3n) is 12.0. The van der Waals surface area contributed by atoms with E-state index >= 15 is 0 Å². The fourth-order valence-electron chi connectivity index (χ4n) is 8.22. The molecule has 0 bridgehead atoms. The molecule has 2 aromatic carbocycles. The predicted octanol–water partition coefficient (Wildman–Crippen LogP) is 5.67. The van der Waals surface area contributed by atoms with Gasteiger partial charge in [0.15, 0.2) is 0 Å². The van der Waals surface area contributed by atoms with Crippen LogP contribution >= 0.6 is 0 Å². The SMILES string of the molecule is CC(C)[C@H](NS(=O)(=O)C1CC1)C(=O)N1CCC[C@@H]1c1ncc(-c2ccc(-c3ccc(-c4cnc([C@H]5CCCN5C(=O)[C@@H](NS(=O)(=O)C5CC5)C(C)C)[nH]4)cc3)cc2)[nH]1. The van der Waals surface area contributed by atoms with Crippen LogP contribution in [0.1, 0.15) is 103 Å². The zero-order chi connectivity index (χ0) is 40.9. The van der Waals surface area contributed by atoms with E-state index in [1.54, 1.807) is 22.2 Å². The van der Waals surface area contributed by atoms with E-state index in [1.165, 1.54) is 0 Å². The van der Waals surface area contributed by atoms with E-state index in [-0.39, 0.29) is 35.7 Å². The van der Waals surface area contributed by atoms with Gasteiger partial charge in [-0.2, -0.15) is 0 Å². The number of sulfonamides is 2. The average molecular weight is 831 g/mol. The minimum Gasteiger partial charge on any atom is -0.340 e. The zero-order valence-electron chi connectivity index (χ0n) is 33.5. The Kier molecular flexibility index (Phi) is 11.1. The molecule has 8 rings (SSSR count). The van der Waals surface area contributed by atoms with Crippen molar-refractivity contribution in [2.24, 2.45) is 11.8 Å². The summed E-state index contributed by atoms with van der Waals surface area (Å²) in [5, 5.41) is -0.787. The number of nitrogens with zero attached hydrogens (tertiary/aromatic N) is 4. The van der Waals surface area contributed by atoms with Crippen molar-refractivity contribution in [1.29, 1.82) is 0 Å². The molecule has 4 aromatic rings. The molecule has 2 aromatic heterocycles. The molecule has 4 N–H and O–H groups in total. The Bertz CT molecular complexity index is 2180. The summed E-state index contributed by atoms with van der Waals surface area (Å²) < 4.78 is 56.4. The van der Waals surface area contributed by atoms with Gasteiger partial charge < -0.3 is 19.8 Å². The molecule has 0 unspecified atom stereocenters. The molecule has 0 radical (unpaired) electrons. The number of hydrogen-bond donors (Lipinski definition) is 4. The Balaban J connectivity index is 0.911. The Hall–Kier alpha value is -4.38.